The maximum atomic E-state index is 11.0. The average Bonchev–Trinajstić information content (AvgIpc) is 2.03. The lowest BCUT2D eigenvalue weighted by atomic mass is 10.2. The van der Waals surface area contributed by atoms with Crippen LogP contribution < -0.4 is 5.43 Å². The Morgan fingerprint density at radius 3 is 2.75 bits per heavy atom. The fourth-order valence-electron chi connectivity index (χ4n) is 0.871. The van der Waals surface area contributed by atoms with Crippen LogP contribution in [0, 0.1) is 0 Å². The standard InChI is InChI=1S/C8H7NO3/c1-2-5-6(10)3-4-9-7(5)8(11)12/h2-4H,1H2,(H,9,10)(H,11,12). The van der Waals surface area contributed by atoms with Crippen molar-refractivity contribution in [2.75, 3.05) is 0 Å². The van der Waals surface area contributed by atoms with E-state index in [1.54, 1.807) is 0 Å². The highest BCUT2D eigenvalue weighted by molar-refractivity contribution is 5.89. The Morgan fingerprint density at radius 1 is 1.67 bits per heavy atom. The average molecular weight is 165 g/mol. The van der Waals surface area contributed by atoms with E-state index in [1.165, 1.54) is 18.3 Å². The minimum Gasteiger partial charge on any atom is -0.477 e. The Kier molecular flexibility index (Phi) is 2.09. The second kappa shape index (κ2) is 3.04. The van der Waals surface area contributed by atoms with E-state index >= 15 is 0 Å². The van der Waals surface area contributed by atoms with Crippen molar-refractivity contribution >= 4 is 12.0 Å². The quantitative estimate of drug-likeness (QED) is 0.678. The summed E-state index contributed by atoms with van der Waals surface area (Å²) >= 11 is 0. The van der Waals surface area contributed by atoms with Crippen molar-refractivity contribution in [1.82, 2.24) is 4.98 Å². The molecule has 1 rings (SSSR count). The minimum absolute atomic E-state index is 0.0880. The molecule has 0 saturated heterocycles. The van der Waals surface area contributed by atoms with E-state index in [4.69, 9.17) is 5.11 Å². The summed E-state index contributed by atoms with van der Waals surface area (Å²) in [7, 11) is 0. The van der Waals surface area contributed by atoms with Gasteiger partial charge in [-0.05, 0) is 0 Å². The fraction of sp³-hybridized carbons (Fsp3) is 0. The Balaban J connectivity index is 3.48. The van der Waals surface area contributed by atoms with Crippen molar-refractivity contribution < 1.29 is 9.90 Å². The van der Waals surface area contributed by atoms with Gasteiger partial charge < -0.3 is 10.1 Å². The van der Waals surface area contributed by atoms with Gasteiger partial charge in [-0.2, -0.15) is 0 Å². The molecule has 2 N–H and O–H groups in total. The zero-order chi connectivity index (χ0) is 9.14. The highest BCUT2D eigenvalue weighted by Crippen LogP contribution is 2.00. The van der Waals surface area contributed by atoms with E-state index in [2.05, 4.69) is 11.6 Å². The van der Waals surface area contributed by atoms with Crippen LogP contribution in [0.4, 0.5) is 0 Å². The molecule has 1 aromatic heterocycles. The van der Waals surface area contributed by atoms with Crippen molar-refractivity contribution in [3.8, 4) is 0 Å². The summed E-state index contributed by atoms with van der Waals surface area (Å²) in [6.07, 6.45) is 2.51. The lowest BCUT2D eigenvalue weighted by molar-refractivity contribution is 0.0690. The molecule has 0 atom stereocenters. The number of H-pyrrole nitrogens is 1. The highest BCUT2D eigenvalue weighted by atomic mass is 16.4. The summed E-state index contributed by atoms with van der Waals surface area (Å²) in [5.74, 6) is -1.16. The normalized spacial score (nSPS) is 9.33. The maximum absolute atomic E-state index is 11.0. The molecule has 0 unspecified atom stereocenters. The lowest BCUT2D eigenvalue weighted by Gasteiger charge is -1.97. The second-order valence-electron chi connectivity index (χ2n) is 2.14. The number of aromatic amines is 1. The zero-order valence-electron chi connectivity index (χ0n) is 6.20. The molecule has 4 heteroatoms. The van der Waals surface area contributed by atoms with Gasteiger partial charge in [0.25, 0.3) is 0 Å². The molecule has 0 fully saturated rings. The van der Waals surface area contributed by atoms with Crippen LogP contribution in [-0.2, 0) is 0 Å². The molecular formula is C8H7NO3. The molecule has 0 saturated carbocycles. The molecule has 0 radical (unpaired) electrons. The van der Waals surface area contributed by atoms with Crippen LogP contribution in [0.2, 0.25) is 0 Å². The number of nitrogens with one attached hydrogen (secondary N) is 1. The van der Waals surface area contributed by atoms with Crippen LogP contribution in [0.15, 0.2) is 23.6 Å². The van der Waals surface area contributed by atoms with Crippen LogP contribution in [-0.4, -0.2) is 16.1 Å². The monoisotopic (exact) mass is 165 g/mol. The summed E-state index contributed by atoms with van der Waals surface area (Å²) in [5, 5.41) is 8.60. The van der Waals surface area contributed by atoms with Crippen LogP contribution in [0.5, 0.6) is 0 Å². The third kappa shape index (κ3) is 1.27. The van der Waals surface area contributed by atoms with E-state index in [1.807, 2.05) is 0 Å². The van der Waals surface area contributed by atoms with Gasteiger partial charge in [-0.25, -0.2) is 4.79 Å². The molecule has 0 aliphatic heterocycles. The SMILES string of the molecule is C=Cc1c(C(=O)O)[nH]ccc1=O. The first-order valence-corrected chi connectivity index (χ1v) is 3.24. The van der Waals surface area contributed by atoms with Crippen molar-refractivity contribution in [2.24, 2.45) is 0 Å². The summed E-state index contributed by atoms with van der Waals surface area (Å²) in [5.41, 5.74) is -0.386. The molecule has 0 spiro atoms. The largest absolute Gasteiger partial charge is 0.477 e. The van der Waals surface area contributed by atoms with Crippen molar-refractivity contribution in [3.63, 3.8) is 0 Å². The molecule has 0 amide bonds. The number of aromatic nitrogens is 1. The number of carboxylic acids is 1. The number of carboxylic acid groups (broad SMARTS) is 1. The molecule has 1 aromatic rings. The topological polar surface area (TPSA) is 70.2 Å². The molecule has 1 heterocycles. The Bertz CT molecular complexity index is 378. The number of carbonyl (C=O) groups is 1. The van der Waals surface area contributed by atoms with Gasteiger partial charge in [0.15, 0.2) is 5.43 Å². The van der Waals surface area contributed by atoms with Gasteiger partial charge >= 0.3 is 5.97 Å². The number of pyridine rings is 1. The summed E-state index contributed by atoms with van der Waals surface area (Å²) < 4.78 is 0. The van der Waals surface area contributed by atoms with Gasteiger partial charge in [-0.1, -0.05) is 12.7 Å². The fourth-order valence-corrected chi connectivity index (χ4v) is 0.871. The van der Waals surface area contributed by atoms with E-state index in [-0.39, 0.29) is 16.7 Å². The summed E-state index contributed by atoms with van der Waals surface area (Å²) in [4.78, 5) is 24.0. The van der Waals surface area contributed by atoms with Crippen LogP contribution in [0.3, 0.4) is 0 Å². The van der Waals surface area contributed by atoms with Gasteiger partial charge in [0, 0.05) is 12.3 Å². The third-order valence-corrected chi connectivity index (χ3v) is 1.42. The second-order valence-corrected chi connectivity index (χ2v) is 2.14. The third-order valence-electron chi connectivity index (χ3n) is 1.42. The first-order chi connectivity index (χ1) is 5.66. The van der Waals surface area contributed by atoms with Gasteiger partial charge in [0.05, 0.1) is 5.56 Å². The van der Waals surface area contributed by atoms with Gasteiger partial charge in [0.1, 0.15) is 5.69 Å². The predicted octanol–water partition coefficient (Wildman–Crippen LogP) is 0.716. The molecule has 12 heavy (non-hydrogen) atoms. The maximum Gasteiger partial charge on any atom is 0.353 e. The Morgan fingerprint density at radius 2 is 2.33 bits per heavy atom. The van der Waals surface area contributed by atoms with Crippen molar-refractivity contribution in [3.05, 3.63) is 40.3 Å². The molecule has 4 nitrogen and oxygen atoms in total. The number of hydrogen-bond acceptors (Lipinski definition) is 2. The van der Waals surface area contributed by atoms with Gasteiger partial charge in [-0.15, -0.1) is 0 Å². The first-order valence-electron chi connectivity index (χ1n) is 3.24. The van der Waals surface area contributed by atoms with Crippen LogP contribution in [0.1, 0.15) is 16.1 Å². The Labute approximate surface area is 68.2 Å². The van der Waals surface area contributed by atoms with E-state index < -0.39 is 5.97 Å². The van der Waals surface area contributed by atoms with Crippen molar-refractivity contribution in [2.45, 2.75) is 0 Å². The van der Waals surface area contributed by atoms with Crippen LogP contribution >= 0.6 is 0 Å². The van der Waals surface area contributed by atoms with Crippen LogP contribution in [0.25, 0.3) is 6.08 Å². The summed E-state index contributed by atoms with van der Waals surface area (Å²) in [6, 6.07) is 1.25. The molecule has 0 aliphatic rings. The number of rotatable bonds is 2. The zero-order valence-corrected chi connectivity index (χ0v) is 6.20. The highest BCUT2D eigenvalue weighted by Gasteiger charge is 2.09. The van der Waals surface area contributed by atoms with Gasteiger partial charge in [-0.3, -0.25) is 4.79 Å². The van der Waals surface area contributed by atoms with Crippen molar-refractivity contribution in [1.29, 1.82) is 0 Å². The van der Waals surface area contributed by atoms with E-state index in [0.29, 0.717) is 0 Å². The lowest BCUT2D eigenvalue weighted by Crippen LogP contribution is -2.12. The van der Waals surface area contributed by atoms with Gasteiger partial charge in [0.2, 0.25) is 0 Å². The predicted molar refractivity (Wildman–Crippen MR) is 44.1 cm³/mol. The molecule has 0 aliphatic carbocycles. The summed E-state index contributed by atoms with van der Waals surface area (Å²) in [6.45, 7) is 3.35. The minimum atomic E-state index is -1.16. The first kappa shape index (κ1) is 8.26. The molecular weight excluding hydrogens is 158 g/mol. The number of aromatic carboxylic acids is 1. The Hall–Kier alpha value is -1.84. The smallest absolute Gasteiger partial charge is 0.353 e. The van der Waals surface area contributed by atoms with E-state index in [0.717, 1.165) is 0 Å². The number of hydrogen-bond donors (Lipinski definition) is 2. The molecule has 0 aromatic carbocycles. The molecule has 0 bridgehead atoms. The van der Waals surface area contributed by atoms with E-state index in [9.17, 15) is 9.59 Å². The molecule has 62 valence electrons.